The van der Waals surface area contributed by atoms with Gasteiger partial charge in [0.15, 0.2) is 0 Å². The van der Waals surface area contributed by atoms with E-state index in [2.05, 4.69) is 13.8 Å². The minimum Gasteiger partial charge on any atom is -0.488 e. The summed E-state index contributed by atoms with van der Waals surface area (Å²) in [4.78, 5) is 11.4. The van der Waals surface area contributed by atoms with Gasteiger partial charge >= 0.3 is 5.97 Å². The second kappa shape index (κ2) is 7.32. The number of hydrogen-bond donors (Lipinski definition) is 1. The van der Waals surface area contributed by atoms with Crippen molar-refractivity contribution in [3.05, 3.63) is 56.6 Å². The second-order valence-electron chi connectivity index (χ2n) is 8.30. The van der Waals surface area contributed by atoms with Gasteiger partial charge in [-0.05, 0) is 81.5 Å². The topological polar surface area (TPSA) is 55.8 Å². The van der Waals surface area contributed by atoms with Gasteiger partial charge in [-0.3, -0.25) is 4.79 Å². The molecule has 1 N–H and O–H groups in total. The van der Waals surface area contributed by atoms with Gasteiger partial charge in [0.1, 0.15) is 23.7 Å². The lowest BCUT2D eigenvalue weighted by molar-refractivity contribution is -0.138. The van der Waals surface area contributed by atoms with Crippen LogP contribution >= 0.6 is 11.6 Å². The highest BCUT2D eigenvalue weighted by molar-refractivity contribution is 6.30. The van der Waals surface area contributed by atoms with Gasteiger partial charge in [-0.25, -0.2) is 0 Å². The van der Waals surface area contributed by atoms with Crippen molar-refractivity contribution >= 4 is 17.6 Å². The summed E-state index contributed by atoms with van der Waals surface area (Å²) in [6, 6.07) is 5.76. The summed E-state index contributed by atoms with van der Waals surface area (Å²) in [6.45, 7) is 12.0. The lowest BCUT2D eigenvalue weighted by Gasteiger charge is -2.21. The number of halogens is 1. The number of benzene rings is 2. The van der Waals surface area contributed by atoms with Crippen molar-refractivity contribution in [3.8, 4) is 11.5 Å². The summed E-state index contributed by atoms with van der Waals surface area (Å²) in [6.07, 6.45) is 0.814. The minimum atomic E-state index is -0.829. The molecule has 0 amide bonds. The molecule has 1 heterocycles. The van der Waals surface area contributed by atoms with E-state index in [-0.39, 0.29) is 5.60 Å². The average molecular weight is 403 g/mol. The molecule has 3 rings (SSSR count). The Morgan fingerprint density at radius 3 is 2.57 bits per heavy atom. The number of fused-ring (bicyclic) bond motifs is 1. The van der Waals surface area contributed by atoms with Gasteiger partial charge in [-0.2, -0.15) is 0 Å². The summed E-state index contributed by atoms with van der Waals surface area (Å²) < 4.78 is 12.3. The molecular weight excluding hydrogens is 376 g/mol. The quantitative estimate of drug-likeness (QED) is 0.692. The molecule has 0 bridgehead atoms. The summed E-state index contributed by atoms with van der Waals surface area (Å²) in [7, 11) is 0. The fourth-order valence-electron chi connectivity index (χ4n) is 3.90. The number of carboxylic acids is 1. The van der Waals surface area contributed by atoms with Crippen molar-refractivity contribution in [2.45, 2.75) is 66.1 Å². The third-order valence-electron chi connectivity index (χ3n) is 5.48. The van der Waals surface area contributed by atoms with E-state index in [0.29, 0.717) is 11.6 Å². The highest BCUT2D eigenvalue weighted by Crippen LogP contribution is 2.40. The zero-order valence-electron chi connectivity index (χ0n) is 17.3. The molecule has 2 aromatic carbocycles. The summed E-state index contributed by atoms with van der Waals surface area (Å²) >= 11 is 6.31. The molecule has 0 aromatic heterocycles. The molecule has 0 radical (unpaired) electrons. The maximum atomic E-state index is 11.4. The summed E-state index contributed by atoms with van der Waals surface area (Å²) in [5, 5.41) is 10.0. The van der Waals surface area contributed by atoms with Gasteiger partial charge in [-0.15, -0.1) is 0 Å². The van der Waals surface area contributed by atoms with E-state index in [1.165, 1.54) is 0 Å². The molecule has 5 heteroatoms. The van der Waals surface area contributed by atoms with E-state index in [1.54, 1.807) is 6.92 Å². The van der Waals surface area contributed by atoms with Crippen molar-refractivity contribution in [2.75, 3.05) is 0 Å². The molecule has 1 aliphatic heterocycles. The van der Waals surface area contributed by atoms with Gasteiger partial charge < -0.3 is 14.6 Å². The van der Waals surface area contributed by atoms with Crippen molar-refractivity contribution in [2.24, 2.45) is 0 Å². The molecule has 1 aliphatic rings. The molecule has 0 spiro atoms. The first kappa shape index (κ1) is 20.5. The lowest BCUT2D eigenvalue weighted by atomic mass is 9.91. The number of carboxylic acid groups (broad SMARTS) is 1. The van der Waals surface area contributed by atoms with Gasteiger partial charge in [0, 0.05) is 17.0 Å². The Labute approximate surface area is 171 Å². The molecular formula is C23H27ClO4. The molecule has 28 heavy (non-hydrogen) atoms. The highest BCUT2D eigenvalue weighted by atomic mass is 35.5. The Balaban J connectivity index is 1.91. The van der Waals surface area contributed by atoms with E-state index in [4.69, 9.17) is 21.1 Å². The Morgan fingerprint density at radius 2 is 1.93 bits per heavy atom. The third kappa shape index (κ3) is 3.83. The number of aryl methyl sites for hydroxylation is 1. The van der Waals surface area contributed by atoms with E-state index < -0.39 is 11.9 Å². The number of hydrogen-bond acceptors (Lipinski definition) is 3. The first-order valence-corrected chi connectivity index (χ1v) is 9.84. The first-order valence-electron chi connectivity index (χ1n) is 9.47. The number of carbonyl (C=O) groups is 1. The first-order chi connectivity index (χ1) is 13.0. The van der Waals surface area contributed by atoms with Crippen LogP contribution in [0.3, 0.4) is 0 Å². The largest absolute Gasteiger partial charge is 0.488 e. The van der Waals surface area contributed by atoms with Crippen LogP contribution in [0.2, 0.25) is 5.02 Å². The van der Waals surface area contributed by atoms with Gasteiger partial charge in [0.25, 0.3) is 0 Å². The van der Waals surface area contributed by atoms with Crippen LogP contribution in [0.15, 0.2) is 18.2 Å². The Morgan fingerprint density at radius 1 is 1.25 bits per heavy atom. The molecule has 1 unspecified atom stereocenters. The van der Waals surface area contributed by atoms with Gasteiger partial charge in [-0.1, -0.05) is 17.7 Å². The zero-order chi connectivity index (χ0) is 20.8. The number of aliphatic carboxylic acids is 1. The Hall–Kier alpha value is -2.20. The molecule has 0 saturated heterocycles. The fraction of sp³-hybridized carbons (Fsp3) is 0.435. The van der Waals surface area contributed by atoms with Gasteiger partial charge in [0.05, 0.1) is 5.92 Å². The molecule has 150 valence electrons. The number of ether oxygens (including phenoxy) is 2. The average Bonchev–Trinajstić information content (AvgIpc) is 2.90. The maximum absolute atomic E-state index is 11.4. The molecule has 0 fully saturated rings. The Kier molecular flexibility index (Phi) is 5.37. The molecule has 4 nitrogen and oxygen atoms in total. The van der Waals surface area contributed by atoms with E-state index in [1.807, 2.05) is 39.0 Å². The van der Waals surface area contributed by atoms with Crippen molar-refractivity contribution in [1.82, 2.24) is 0 Å². The van der Waals surface area contributed by atoms with Crippen LogP contribution in [0.4, 0.5) is 0 Å². The van der Waals surface area contributed by atoms with Crippen molar-refractivity contribution < 1.29 is 19.4 Å². The fourth-order valence-corrected chi connectivity index (χ4v) is 4.16. The third-order valence-corrected chi connectivity index (χ3v) is 5.70. The monoisotopic (exact) mass is 402 g/mol. The standard InChI is InChI=1S/C23H27ClO4/c1-12-7-19(15(4)22(25)26)13(2)14(3)20(12)27-11-17-9-18(24)8-16-10-23(5,6)28-21(16)17/h7-9,15H,10-11H2,1-6H3,(H,25,26). The van der Waals surface area contributed by atoms with Crippen LogP contribution in [-0.2, 0) is 17.8 Å². The highest BCUT2D eigenvalue weighted by Gasteiger charge is 2.32. The number of rotatable bonds is 5. The van der Waals surface area contributed by atoms with E-state index >= 15 is 0 Å². The van der Waals surface area contributed by atoms with Crippen LogP contribution in [0.25, 0.3) is 0 Å². The van der Waals surface area contributed by atoms with E-state index in [9.17, 15) is 9.90 Å². The SMILES string of the molecule is Cc1cc(C(C)C(=O)O)c(C)c(C)c1OCc1cc(Cl)cc2c1OC(C)(C)C2. The molecule has 0 aliphatic carbocycles. The van der Waals surface area contributed by atoms with Gasteiger partial charge in [0.2, 0.25) is 0 Å². The predicted molar refractivity (Wildman–Crippen MR) is 111 cm³/mol. The maximum Gasteiger partial charge on any atom is 0.310 e. The minimum absolute atomic E-state index is 0.251. The summed E-state index contributed by atoms with van der Waals surface area (Å²) in [5.74, 6) is 0.255. The molecule has 2 aromatic rings. The zero-order valence-corrected chi connectivity index (χ0v) is 18.0. The van der Waals surface area contributed by atoms with Crippen molar-refractivity contribution in [1.29, 1.82) is 0 Å². The predicted octanol–water partition coefficient (Wildman–Crippen LogP) is 5.75. The van der Waals surface area contributed by atoms with Crippen LogP contribution in [0.5, 0.6) is 11.5 Å². The van der Waals surface area contributed by atoms with Crippen molar-refractivity contribution in [3.63, 3.8) is 0 Å². The summed E-state index contributed by atoms with van der Waals surface area (Å²) in [5.41, 5.74) is 5.43. The molecule has 1 atom stereocenters. The van der Waals surface area contributed by atoms with Crippen LogP contribution in [-0.4, -0.2) is 16.7 Å². The lowest BCUT2D eigenvalue weighted by Crippen LogP contribution is -2.25. The van der Waals surface area contributed by atoms with Crippen LogP contribution < -0.4 is 9.47 Å². The van der Waals surface area contributed by atoms with E-state index in [0.717, 1.165) is 51.3 Å². The normalized spacial score (nSPS) is 15.7. The van der Waals surface area contributed by atoms with Crippen LogP contribution in [0.1, 0.15) is 60.1 Å². The Bertz CT molecular complexity index is 946. The molecule has 0 saturated carbocycles. The van der Waals surface area contributed by atoms with Crippen LogP contribution in [0, 0.1) is 20.8 Å². The second-order valence-corrected chi connectivity index (χ2v) is 8.74. The smallest absolute Gasteiger partial charge is 0.310 e.